The molecule has 3 nitrogen and oxygen atoms in total. The third-order valence-electron chi connectivity index (χ3n) is 2.42. The first-order chi connectivity index (χ1) is 6.47. The van der Waals surface area contributed by atoms with Crippen LogP contribution in [0.1, 0.15) is 47.0 Å². The summed E-state index contributed by atoms with van der Waals surface area (Å²) < 4.78 is 0. The van der Waals surface area contributed by atoms with Crippen molar-refractivity contribution in [2.45, 2.75) is 59.0 Å². The van der Waals surface area contributed by atoms with Gasteiger partial charge in [0.1, 0.15) is 0 Å². The van der Waals surface area contributed by atoms with Gasteiger partial charge in [0.2, 0.25) is 0 Å². The fourth-order valence-corrected chi connectivity index (χ4v) is 1.56. The Balaban J connectivity index is 4.02. The highest BCUT2D eigenvalue weighted by Gasteiger charge is 2.18. The maximum atomic E-state index is 10.6. The van der Waals surface area contributed by atoms with Crippen LogP contribution in [-0.2, 0) is 4.79 Å². The van der Waals surface area contributed by atoms with E-state index in [-0.39, 0.29) is 12.5 Å². The molecule has 0 rings (SSSR count). The number of hydrogen-bond acceptors (Lipinski definition) is 2. The van der Waals surface area contributed by atoms with Gasteiger partial charge in [0.25, 0.3) is 0 Å². The molecule has 0 aliphatic rings. The molecule has 0 aromatic carbocycles. The summed E-state index contributed by atoms with van der Waals surface area (Å²) in [6.45, 7) is 8.36. The lowest BCUT2D eigenvalue weighted by Crippen LogP contribution is -2.41. The van der Waals surface area contributed by atoms with E-state index in [1.807, 2.05) is 0 Å². The number of carboxylic acids is 1. The third-order valence-corrected chi connectivity index (χ3v) is 2.42. The topological polar surface area (TPSA) is 49.3 Å². The summed E-state index contributed by atoms with van der Waals surface area (Å²) in [6.07, 6.45) is 2.45. The summed E-state index contributed by atoms with van der Waals surface area (Å²) in [5.41, 5.74) is 0. The van der Waals surface area contributed by atoms with Crippen LogP contribution in [0.15, 0.2) is 0 Å². The van der Waals surface area contributed by atoms with E-state index in [2.05, 4.69) is 33.0 Å². The van der Waals surface area contributed by atoms with Crippen molar-refractivity contribution >= 4 is 5.97 Å². The van der Waals surface area contributed by atoms with Crippen LogP contribution >= 0.6 is 0 Å². The van der Waals surface area contributed by atoms with E-state index in [9.17, 15) is 4.79 Å². The van der Waals surface area contributed by atoms with Crippen LogP contribution < -0.4 is 5.32 Å². The molecule has 2 unspecified atom stereocenters. The van der Waals surface area contributed by atoms with Gasteiger partial charge in [0, 0.05) is 12.1 Å². The molecule has 14 heavy (non-hydrogen) atoms. The Morgan fingerprint density at radius 3 is 2.29 bits per heavy atom. The number of carbonyl (C=O) groups is 1. The van der Waals surface area contributed by atoms with Gasteiger partial charge in [-0.2, -0.15) is 0 Å². The molecule has 2 atom stereocenters. The average Bonchev–Trinajstić information content (AvgIpc) is 2.02. The first-order valence-electron chi connectivity index (χ1n) is 5.45. The summed E-state index contributed by atoms with van der Waals surface area (Å²) >= 11 is 0. The summed E-state index contributed by atoms with van der Waals surface area (Å²) in [6, 6.07) is 0.501. The lowest BCUT2D eigenvalue weighted by Gasteiger charge is -2.24. The van der Waals surface area contributed by atoms with E-state index in [1.54, 1.807) is 0 Å². The van der Waals surface area contributed by atoms with Crippen molar-refractivity contribution in [2.75, 3.05) is 0 Å². The predicted octanol–water partition coefficient (Wildman–Crippen LogP) is 2.26. The van der Waals surface area contributed by atoms with Gasteiger partial charge in [-0.3, -0.25) is 4.79 Å². The van der Waals surface area contributed by atoms with Gasteiger partial charge in [0.15, 0.2) is 0 Å². The summed E-state index contributed by atoms with van der Waals surface area (Å²) in [5.74, 6) is -0.356. The Bertz CT molecular complexity index is 169. The minimum atomic E-state index is -0.722. The van der Waals surface area contributed by atoms with Crippen LogP contribution in [-0.4, -0.2) is 23.2 Å². The van der Waals surface area contributed by atoms with Gasteiger partial charge >= 0.3 is 5.97 Å². The SMILES string of the molecule is CCCC(C)NC(CC(=O)O)C(C)C. The molecule has 0 heterocycles. The van der Waals surface area contributed by atoms with Gasteiger partial charge in [-0.25, -0.2) is 0 Å². The molecule has 0 aromatic heterocycles. The van der Waals surface area contributed by atoms with Crippen LogP contribution in [0.25, 0.3) is 0 Å². The second-order valence-electron chi connectivity index (χ2n) is 4.30. The van der Waals surface area contributed by atoms with Gasteiger partial charge in [0.05, 0.1) is 6.42 Å². The van der Waals surface area contributed by atoms with Gasteiger partial charge < -0.3 is 10.4 Å². The second-order valence-corrected chi connectivity index (χ2v) is 4.30. The van der Waals surface area contributed by atoms with Crippen LogP contribution in [0.4, 0.5) is 0 Å². The molecule has 0 saturated carbocycles. The number of carboxylic acid groups (broad SMARTS) is 1. The Hall–Kier alpha value is -0.570. The molecule has 0 saturated heterocycles. The van der Waals surface area contributed by atoms with Crippen molar-refractivity contribution in [3.8, 4) is 0 Å². The molecule has 0 aliphatic heterocycles. The van der Waals surface area contributed by atoms with E-state index in [4.69, 9.17) is 5.11 Å². The molecule has 0 aliphatic carbocycles. The minimum Gasteiger partial charge on any atom is -0.481 e. The monoisotopic (exact) mass is 201 g/mol. The van der Waals surface area contributed by atoms with Crippen molar-refractivity contribution in [1.82, 2.24) is 5.32 Å². The maximum absolute atomic E-state index is 10.6. The summed E-state index contributed by atoms with van der Waals surface area (Å²) in [4.78, 5) is 10.6. The van der Waals surface area contributed by atoms with E-state index < -0.39 is 5.97 Å². The van der Waals surface area contributed by atoms with E-state index >= 15 is 0 Å². The summed E-state index contributed by atoms with van der Waals surface area (Å²) in [5, 5.41) is 12.1. The molecule has 0 aromatic rings. The molecule has 3 heteroatoms. The minimum absolute atomic E-state index is 0.0917. The zero-order chi connectivity index (χ0) is 11.1. The van der Waals surface area contributed by atoms with Crippen molar-refractivity contribution < 1.29 is 9.90 Å². The van der Waals surface area contributed by atoms with Crippen LogP contribution in [0, 0.1) is 5.92 Å². The molecule has 2 N–H and O–H groups in total. The molecular formula is C11H23NO2. The normalized spacial score (nSPS) is 15.5. The van der Waals surface area contributed by atoms with Gasteiger partial charge in [-0.05, 0) is 19.3 Å². The number of aliphatic carboxylic acids is 1. The Morgan fingerprint density at radius 1 is 1.36 bits per heavy atom. The lowest BCUT2D eigenvalue weighted by atomic mass is 9.99. The zero-order valence-corrected chi connectivity index (χ0v) is 9.71. The fourth-order valence-electron chi connectivity index (χ4n) is 1.56. The first kappa shape index (κ1) is 13.4. The van der Waals surface area contributed by atoms with Crippen LogP contribution in [0.2, 0.25) is 0 Å². The lowest BCUT2D eigenvalue weighted by molar-refractivity contribution is -0.137. The van der Waals surface area contributed by atoms with Crippen LogP contribution in [0.3, 0.4) is 0 Å². The molecule has 84 valence electrons. The second kappa shape index (κ2) is 6.82. The zero-order valence-electron chi connectivity index (χ0n) is 9.71. The first-order valence-corrected chi connectivity index (χ1v) is 5.45. The average molecular weight is 201 g/mol. The van der Waals surface area contributed by atoms with Crippen molar-refractivity contribution in [3.05, 3.63) is 0 Å². The number of nitrogens with one attached hydrogen (secondary N) is 1. The highest BCUT2D eigenvalue weighted by Crippen LogP contribution is 2.08. The fraction of sp³-hybridized carbons (Fsp3) is 0.909. The molecule has 0 fully saturated rings. The van der Waals surface area contributed by atoms with Crippen molar-refractivity contribution in [2.24, 2.45) is 5.92 Å². The number of hydrogen-bond donors (Lipinski definition) is 2. The Morgan fingerprint density at radius 2 is 1.93 bits per heavy atom. The Kier molecular flexibility index (Phi) is 6.54. The van der Waals surface area contributed by atoms with E-state index in [0.29, 0.717) is 12.0 Å². The van der Waals surface area contributed by atoms with Gasteiger partial charge in [-0.1, -0.05) is 27.2 Å². The molecule has 0 spiro atoms. The molecule has 0 radical (unpaired) electrons. The molecule has 0 amide bonds. The predicted molar refractivity (Wildman–Crippen MR) is 58.4 cm³/mol. The summed E-state index contributed by atoms with van der Waals surface area (Å²) in [7, 11) is 0. The maximum Gasteiger partial charge on any atom is 0.304 e. The molecular weight excluding hydrogens is 178 g/mol. The van der Waals surface area contributed by atoms with Gasteiger partial charge in [-0.15, -0.1) is 0 Å². The quantitative estimate of drug-likeness (QED) is 0.664. The van der Waals surface area contributed by atoms with E-state index in [0.717, 1.165) is 12.8 Å². The smallest absolute Gasteiger partial charge is 0.304 e. The highest BCUT2D eigenvalue weighted by molar-refractivity contribution is 5.67. The largest absolute Gasteiger partial charge is 0.481 e. The van der Waals surface area contributed by atoms with Crippen molar-refractivity contribution in [1.29, 1.82) is 0 Å². The standard InChI is InChI=1S/C11H23NO2/c1-5-6-9(4)12-10(8(2)3)7-11(13)14/h8-10,12H,5-7H2,1-4H3,(H,13,14). The third kappa shape index (κ3) is 5.97. The molecule has 0 bridgehead atoms. The van der Waals surface area contributed by atoms with Crippen LogP contribution in [0.5, 0.6) is 0 Å². The highest BCUT2D eigenvalue weighted by atomic mass is 16.4. The Labute approximate surface area is 86.9 Å². The number of rotatable bonds is 7. The van der Waals surface area contributed by atoms with Crippen molar-refractivity contribution in [3.63, 3.8) is 0 Å². The van der Waals surface area contributed by atoms with E-state index in [1.165, 1.54) is 0 Å².